The summed E-state index contributed by atoms with van der Waals surface area (Å²) < 4.78 is 0. The molecule has 0 radical (unpaired) electrons. The van der Waals surface area contributed by atoms with Gasteiger partial charge in [-0.15, -0.1) is 0 Å². The first-order chi connectivity index (χ1) is 10.1. The minimum atomic E-state index is -0.0603. The van der Waals surface area contributed by atoms with Crippen molar-refractivity contribution in [3.8, 4) is 0 Å². The summed E-state index contributed by atoms with van der Waals surface area (Å²) in [5.74, 6) is 0.925. The van der Waals surface area contributed by atoms with Crippen molar-refractivity contribution in [1.82, 2.24) is 10.3 Å². The summed E-state index contributed by atoms with van der Waals surface area (Å²) in [5.41, 5.74) is 5.95. The van der Waals surface area contributed by atoms with Crippen molar-refractivity contribution in [2.75, 3.05) is 23.7 Å². The van der Waals surface area contributed by atoms with Crippen molar-refractivity contribution in [2.45, 2.75) is 51.5 Å². The number of nitrogens with one attached hydrogen (secondary N) is 1. The lowest BCUT2D eigenvalue weighted by molar-refractivity contribution is 0.0932. The highest BCUT2D eigenvalue weighted by Gasteiger charge is 2.26. The molecule has 3 rings (SSSR count). The molecular weight excluding hydrogens is 284 g/mol. The molecule has 1 aromatic heterocycles. The molecule has 2 fully saturated rings. The van der Waals surface area contributed by atoms with E-state index in [2.05, 4.69) is 22.1 Å². The molecule has 1 aliphatic heterocycles. The van der Waals surface area contributed by atoms with Gasteiger partial charge < -0.3 is 16.0 Å². The molecule has 3 N–H and O–H groups in total. The third-order valence-electron chi connectivity index (χ3n) is 4.69. The fourth-order valence-corrected chi connectivity index (χ4v) is 4.31. The number of carbonyl (C=O) groups excluding carboxylic acids is 1. The number of carbonyl (C=O) groups is 1. The number of hydrogen-bond donors (Lipinski definition) is 2. The Labute approximate surface area is 129 Å². The van der Waals surface area contributed by atoms with E-state index < -0.39 is 0 Å². The Balaban J connectivity index is 1.66. The van der Waals surface area contributed by atoms with Gasteiger partial charge in [0.2, 0.25) is 0 Å². The normalized spacial score (nSPS) is 20.9. The summed E-state index contributed by atoms with van der Waals surface area (Å²) in [6.45, 7) is 4.14. The van der Waals surface area contributed by atoms with Crippen LogP contribution in [0.3, 0.4) is 0 Å². The molecule has 1 unspecified atom stereocenters. The molecule has 1 saturated carbocycles. The van der Waals surface area contributed by atoms with Gasteiger partial charge in [-0.25, -0.2) is 4.98 Å². The molecule has 6 heteroatoms. The first-order valence-electron chi connectivity index (χ1n) is 7.97. The predicted molar refractivity (Wildman–Crippen MR) is 86.9 cm³/mol. The number of nitrogens with zero attached hydrogens (tertiary/aromatic N) is 2. The van der Waals surface area contributed by atoms with Crippen molar-refractivity contribution in [1.29, 1.82) is 0 Å². The molecule has 1 saturated heterocycles. The molecule has 116 valence electrons. The van der Waals surface area contributed by atoms with Crippen molar-refractivity contribution < 1.29 is 4.79 Å². The van der Waals surface area contributed by atoms with Gasteiger partial charge in [-0.1, -0.05) is 24.2 Å². The second kappa shape index (κ2) is 6.22. The molecule has 0 aromatic carbocycles. The van der Waals surface area contributed by atoms with Gasteiger partial charge in [-0.3, -0.25) is 4.79 Å². The number of nitrogen functional groups attached to an aromatic ring is 1. The van der Waals surface area contributed by atoms with Crippen LogP contribution >= 0.6 is 11.3 Å². The Morgan fingerprint density at radius 1 is 1.33 bits per heavy atom. The van der Waals surface area contributed by atoms with Crippen molar-refractivity contribution in [3.63, 3.8) is 0 Å². The highest BCUT2D eigenvalue weighted by Crippen LogP contribution is 2.31. The van der Waals surface area contributed by atoms with E-state index in [1.807, 2.05) is 0 Å². The van der Waals surface area contributed by atoms with Crippen LogP contribution in [0.15, 0.2) is 0 Å². The van der Waals surface area contributed by atoms with Gasteiger partial charge in [0.05, 0.1) is 0 Å². The lowest BCUT2D eigenvalue weighted by atomic mass is 10.00. The highest BCUT2D eigenvalue weighted by molar-refractivity contribution is 7.18. The first kappa shape index (κ1) is 14.6. The maximum absolute atomic E-state index is 12.4. The molecule has 1 amide bonds. The molecule has 2 aliphatic rings. The van der Waals surface area contributed by atoms with Crippen LogP contribution in [0.4, 0.5) is 10.9 Å². The fraction of sp³-hybridized carbons (Fsp3) is 0.733. The monoisotopic (exact) mass is 308 g/mol. The predicted octanol–water partition coefficient (Wildman–Crippen LogP) is 2.63. The Hall–Kier alpha value is -1.30. The molecule has 5 nitrogen and oxygen atoms in total. The molecule has 21 heavy (non-hydrogen) atoms. The second-order valence-electron chi connectivity index (χ2n) is 6.21. The van der Waals surface area contributed by atoms with Gasteiger partial charge in [-0.05, 0) is 38.5 Å². The van der Waals surface area contributed by atoms with E-state index >= 15 is 0 Å². The van der Waals surface area contributed by atoms with Crippen LogP contribution in [0.1, 0.15) is 55.1 Å². The molecule has 2 heterocycles. The number of hydrogen-bond acceptors (Lipinski definition) is 5. The minimum absolute atomic E-state index is 0.0603. The smallest absolute Gasteiger partial charge is 0.265 e. The number of rotatable bonds is 4. The van der Waals surface area contributed by atoms with Crippen molar-refractivity contribution in [3.05, 3.63) is 4.88 Å². The van der Waals surface area contributed by atoms with E-state index in [9.17, 15) is 4.79 Å². The van der Waals surface area contributed by atoms with Gasteiger partial charge >= 0.3 is 0 Å². The zero-order chi connectivity index (χ0) is 14.8. The van der Waals surface area contributed by atoms with Crippen LogP contribution < -0.4 is 16.0 Å². The Kier molecular flexibility index (Phi) is 4.33. The second-order valence-corrected chi connectivity index (χ2v) is 7.19. The summed E-state index contributed by atoms with van der Waals surface area (Å²) in [6, 6.07) is 0.219. The van der Waals surface area contributed by atoms with E-state index in [1.165, 1.54) is 49.9 Å². The fourth-order valence-electron chi connectivity index (χ4n) is 3.37. The molecule has 1 aliphatic carbocycles. The van der Waals surface area contributed by atoms with E-state index in [0.717, 1.165) is 18.2 Å². The summed E-state index contributed by atoms with van der Waals surface area (Å²) in [7, 11) is 0. The number of anilines is 2. The average molecular weight is 308 g/mol. The van der Waals surface area contributed by atoms with Gasteiger partial charge in [0.1, 0.15) is 10.7 Å². The van der Waals surface area contributed by atoms with Crippen LogP contribution in [0.25, 0.3) is 0 Å². The molecule has 0 bridgehead atoms. The molecular formula is C15H24N4OS. The number of thiazole rings is 1. The summed E-state index contributed by atoms with van der Waals surface area (Å²) in [4.78, 5) is 19.6. The largest absolute Gasteiger partial charge is 0.382 e. The highest BCUT2D eigenvalue weighted by atomic mass is 32.1. The lowest BCUT2D eigenvalue weighted by Crippen LogP contribution is -2.37. The number of nitrogens with two attached hydrogens (primary N) is 1. The minimum Gasteiger partial charge on any atom is -0.382 e. The maximum Gasteiger partial charge on any atom is 0.265 e. The van der Waals surface area contributed by atoms with Crippen LogP contribution in [-0.4, -0.2) is 30.0 Å². The van der Waals surface area contributed by atoms with Gasteiger partial charge in [0.15, 0.2) is 5.13 Å². The van der Waals surface area contributed by atoms with Gasteiger partial charge in [0, 0.05) is 19.1 Å². The lowest BCUT2D eigenvalue weighted by Gasteiger charge is -2.19. The van der Waals surface area contributed by atoms with Crippen LogP contribution in [-0.2, 0) is 0 Å². The number of amides is 1. The molecule has 1 atom stereocenters. The van der Waals surface area contributed by atoms with Gasteiger partial charge in [-0.2, -0.15) is 0 Å². The quantitative estimate of drug-likeness (QED) is 0.897. The average Bonchev–Trinajstić information content (AvgIpc) is 3.20. The summed E-state index contributed by atoms with van der Waals surface area (Å²) in [6.07, 6.45) is 7.40. The summed E-state index contributed by atoms with van der Waals surface area (Å²) >= 11 is 1.43. The van der Waals surface area contributed by atoms with E-state index in [-0.39, 0.29) is 11.9 Å². The molecule has 1 aromatic rings. The topological polar surface area (TPSA) is 71.2 Å². The van der Waals surface area contributed by atoms with Crippen molar-refractivity contribution in [2.24, 2.45) is 5.92 Å². The Bertz CT molecular complexity index is 504. The van der Waals surface area contributed by atoms with Crippen molar-refractivity contribution >= 4 is 28.2 Å². The SMILES string of the molecule is CC(NC(=O)c1sc(N2CCCC2)nc1N)C1CCCC1. The third-order valence-corrected chi connectivity index (χ3v) is 5.82. The van der Waals surface area contributed by atoms with Crippen LogP contribution in [0, 0.1) is 5.92 Å². The zero-order valence-electron chi connectivity index (χ0n) is 12.6. The van der Waals surface area contributed by atoms with Gasteiger partial charge in [0.25, 0.3) is 5.91 Å². The third kappa shape index (κ3) is 3.15. The standard InChI is InChI=1S/C15H24N4OS/c1-10(11-6-2-3-7-11)17-14(20)12-13(16)18-15(21-12)19-8-4-5-9-19/h10-11H,2-9,16H2,1H3,(H,17,20). The summed E-state index contributed by atoms with van der Waals surface area (Å²) in [5, 5.41) is 4.01. The molecule has 0 spiro atoms. The Morgan fingerprint density at radius 2 is 2.00 bits per heavy atom. The van der Waals surface area contributed by atoms with Crippen LogP contribution in [0.5, 0.6) is 0 Å². The van der Waals surface area contributed by atoms with E-state index in [0.29, 0.717) is 16.6 Å². The van der Waals surface area contributed by atoms with E-state index in [1.54, 1.807) is 0 Å². The number of aromatic nitrogens is 1. The first-order valence-corrected chi connectivity index (χ1v) is 8.79. The zero-order valence-corrected chi connectivity index (χ0v) is 13.4. The Morgan fingerprint density at radius 3 is 2.67 bits per heavy atom. The van der Waals surface area contributed by atoms with E-state index in [4.69, 9.17) is 5.73 Å². The maximum atomic E-state index is 12.4. The van der Waals surface area contributed by atoms with Crippen LogP contribution in [0.2, 0.25) is 0 Å².